The zero-order valence-corrected chi connectivity index (χ0v) is 10.3. The maximum absolute atomic E-state index is 10.5. The van der Waals surface area contributed by atoms with Gasteiger partial charge in [0, 0.05) is 31.6 Å². The molecule has 1 N–H and O–H groups in total. The van der Waals surface area contributed by atoms with Crippen molar-refractivity contribution in [3.05, 3.63) is 41.7 Å². The van der Waals surface area contributed by atoms with Crippen LogP contribution in [-0.4, -0.2) is 41.1 Å². The molecule has 0 aliphatic rings. The van der Waals surface area contributed by atoms with Crippen LogP contribution in [0.2, 0.25) is 0 Å². The normalized spacial score (nSPS) is 11.8. The van der Waals surface area contributed by atoms with Gasteiger partial charge in [0.15, 0.2) is 0 Å². The van der Waals surface area contributed by atoms with Gasteiger partial charge in [0.1, 0.15) is 0 Å². The summed E-state index contributed by atoms with van der Waals surface area (Å²) in [6.07, 6.45) is 5.76. The van der Waals surface area contributed by atoms with Gasteiger partial charge in [-0.15, -0.1) is 0 Å². The summed E-state index contributed by atoms with van der Waals surface area (Å²) in [6.45, 7) is 3.41. The fourth-order valence-corrected chi connectivity index (χ4v) is 1.63. The van der Waals surface area contributed by atoms with Crippen LogP contribution in [0.15, 0.2) is 36.2 Å². The molecule has 4 nitrogen and oxygen atoms in total. The summed E-state index contributed by atoms with van der Waals surface area (Å²) in [6, 6.07) is 3.99. The van der Waals surface area contributed by atoms with E-state index < -0.39 is 5.97 Å². The van der Waals surface area contributed by atoms with E-state index in [9.17, 15) is 4.79 Å². The molecular weight excluding hydrogens is 216 g/mol. The zero-order chi connectivity index (χ0) is 12.7. The molecule has 1 aromatic rings. The van der Waals surface area contributed by atoms with E-state index in [0.29, 0.717) is 6.54 Å². The average molecular weight is 234 g/mol. The lowest BCUT2D eigenvalue weighted by molar-refractivity contribution is -0.131. The first-order valence-electron chi connectivity index (χ1n) is 5.55. The Labute approximate surface area is 102 Å². The van der Waals surface area contributed by atoms with E-state index in [1.807, 2.05) is 26.1 Å². The van der Waals surface area contributed by atoms with Crippen molar-refractivity contribution in [2.45, 2.75) is 13.3 Å². The van der Waals surface area contributed by atoms with Crippen LogP contribution in [0.25, 0.3) is 0 Å². The first kappa shape index (κ1) is 13.4. The van der Waals surface area contributed by atoms with Crippen LogP contribution in [0, 0.1) is 0 Å². The molecule has 1 rings (SSSR count). The Bertz CT molecular complexity index is 388. The molecule has 0 unspecified atom stereocenters. The molecule has 0 aliphatic carbocycles. The lowest BCUT2D eigenvalue weighted by Gasteiger charge is -2.16. The molecule has 0 aliphatic heterocycles. The van der Waals surface area contributed by atoms with Crippen molar-refractivity contribution in [3.8, 4) is 0 Å². The highest BCUT2D eigenvalue weighted by atomic mass is 16.4. The predicted octanol–water partition coefficient (Wildman–Crippen LogP) is 1.59. The number of nitrogens with zero attached hydrogens (tertiary/aromatic N) is 2. The minimum Gasteiger partial charge on any atom is -0.478 e. The number of pyridine rings is 1. The Morgan fingerprint density at radius 3 is 2.71 bits per heavy atom. The molecule has 0 fully saturated rings. The average Bonchev–Trinajstić information content (AvgIpc) is 2.26. The number of aromatic nitrogens is 1. The molecule has 0 atom stereocenters. The van der Waals surface area contributed by atoms with E-state index >= 15 is 0 Å². The molecular formula is C13H18N2O2. The monoisotopic (exact) mass is 234 g/mol. The van der Waals surface area contributed by atoms with Crippen LogP contribution in [0.4, 0.5) is 0 Å². The number of hydrogen-bond acceptors (Lipinski definition) is 3. The topological polar surface area (TPSA) is 53.4 Å². The molecule has 0 spiro atoms. The minimum atomic E-state index is -0.884. The molecule has 4 heteroatoms. The van der Waals surface area contributed by atoms with Gasteiger partial charge in [-0.25, -0.2) is 4.79 Å². The Morgan fingerprint density at radius 2 is 2.12 bits per heavy atom. The Morgan fingerprint density at radius 1 is 1.47 bits per heavy atom. The van der Waals surface area contributed by atoms with Crippen molar-refractivity contribution in [1.29, 1.82) is 0 Å². The maximum Gasteiger partial charge on any atom is 0.328 e. The number of rotatable bonds is 6. The van der Waals surface area contributed by atoms with Gasteiger partial charge in [-0.3, -0.25) is 4.98 Å². The number of carboxylic acid groups (broad SMARTS) is 1. The highest BCUT2D eigenvalue weighted by molar-refractivity contribution is 5.80. The quantitative estimate of drug-likeness (QED) is 0.759. The summed E-state index contributed by atoms with van der Waals surface area (Å²) in [5.74, 6) is -0.884. The van der Waals surface area contributed by atoms with Crippen molar-refractivity contribution in [3.63, 3.8) is 0 Å². The molecule has 0 saturated heterocycles. The van der Waals surface area contributed by atoms with Crippen molar-refractivity contribution < 1.29 is 9.90 Å². The number of carboxylic acids is 1. The van der Waals surface area contributed by atoms with Crippen molar-refractivity contribution in [1.82, 2.24) is 9.88 Å². The first-order chi connectivity index (χ1) is 8.08. The van der Waals surface area contributed by atoms with Crippen LogP contribution in [-0.2, 0) is 11.2 Å². The van der Waals surface area contributed by atoms with Gasteiger partial charge in [0.25, 0.3) is 0 Å². The largest absolute Gasteiger partial charge is 0.478 e. The van der Waals surface area contributed by atoms with Gasteiger partial charge in [0.2, 0.25) is 0 Å². The first-order valence-corrected chi connectivity index (χ1v) is 5.55. The Kier molecular flexibility index (Phi) is 5.36. The Hall–Kier alpha value is -1.68. The molecule has 0 saturated carbocycles. The lowest BCUT2D eigenvalue weighted by atomic mass is 10.2. The smallest absolute Gasteiger partial charge is 0.328 e. The number of aliphatic carboxylic acids is 1. The van der Waals surface area contributed by atoms with E-state index in [2.05, 4.69) is 9.88 Å². The van der Waals surface area contributed by atoms with Crippen LogP contribution in [0.1, 0.15) is 12.5 Å². The maximum atomic E-state index is 10.5. The molecule has 17 heavy (non-hydrogen) atoms. The van der Waals surface area contributed by atoms with Gasteiger partial charge >= 0.3 is 5.97 Å². The molecule has 0 bridgehead atoms. The summed E-state index contributed by atoms with van der Waals surface area (Å²) >= 11 is 0. The molecule has 0 aromatic carbocycles. The predicted molar refractivity (Wildman–Crippen MR) is 66.8 cm³/mol. The SMILES string of the molecule is C/C(=C\C(=O)O)CN(C)CCc1ccncc1. The van der Waals surface area contributed by atoms with Crippen molar-refractivity contribution in [2.75, 3.05) is 20.1 Å². The van der Waals surface area contributed by atoms with Crippen LogP contribution in [0.5, 0.6) is 0 Å². The van der Waals surface area contributed by atoms with Gasteiger partial charge < -0.3 is 10.0 Å². The third-order valence-corrected chi connectivity index (χ3v) is 2.42. The highest BCUT2D eigenvalue weighted by Crippen LogP contribution is 2.01. The highest BCUT2D eigenvalue weighted by Gasteiger charge is 2.01. The summed E-state index contributed by atoms with van der Waals surface area (Å²) in [5.41, 5.74) is 2.10. The van der Waals surface area contributed by atoms with E-state index in [-0.39, 0.29) is 0 Å². The number of hydrogen-bond donors (Lipinski definition) is 1. The van der Waals surface area contributed by atoms with Crippen LogP contribution in [0.3, 0.4) is 0 Å². The van der Waals surface area contributed by atoms with E-state index in [1.54, 1.807) is 12.4 Å². The minimum absolute atomic E-state index is 0.678. The van der Waals surface area contributed by atoms with Crippen molar-refractivity contribution in [2.24, 2.45) is 0 Å². The Balaban J connectivity index is 2.35. The second-order valence-corrected chi connectivity index (χ2v) is 4.17. The fourth-order valence-electron chi connectivity index (χ4n) is 1.63. The van der Waals surface area contributed by atoms with Gasteiger partial charge in [0.05, 0.1) is 0 Å². The molecule has 92 valence electrons. The zero-order valence-electron chi connectivity index (χ0n) is 10.3. The molecule has 0 radical (unpaired) electrons. The van der Waals surface area contributed by atoms with Gasteiger partial charge in [-0.1, -0.05) is 5.57 Å². The fraction of sp³-hybridized carbons (Fsp3) is 0.385. The molecule has 0 amide bonds. The van der Waals surface area contributed by atoms with Gasteiger partial charge in [-0.2, -0.15) is 0 Å². The molecule has 1 aromatic heterocycles. The van der Waals surface area contributed by atoms with Crippen LogP contribution >= 0.6 is 0 Å². The summed E-state index contributed by atoms with van der Waals surface area (Å²) in [4.78, 5) is 16.5. The van der Waals surface area contributed by atoms with Gasteiger partial charge in [-0.05, 0) is 38.1 Å². The number of carbonyl (C=O) groups is 1. The second kappa shape index (κ2) is 6.81. The second-order valence-electron chi connectivity index (χ2n) is 4.17. The summed E-state index contributed by atoms with van der Waals surface area (Å²) < 4.78 is 0. The summed E-state index contributed by atoms with van der Waals surface area (Å²) in [7, 11) is 1.99. The van der Waals surface area contributed by atoms with Crippen LogP contribution < -0.4 is 0 Å². The third kappa shape index (κ3) is 5.82. The van der Waals surface area contributed by atoms with E-state index in [1.165, 1.54) is 11.6 Å². The lowest BCUT2D eigenvalue weighted by Crippen LogP contribution is -2.23. The standard InChI is InChI=1S/C13H18N2O2/c1-11(9-13(16)17)10-15(2)8-5-12-3-6-14-7-4-12/h3-4,6-7,9H,5,8,10H2,1-2H3,(H,16,17)/b11-9+. The molecule has 1 heterocycles. The van der Waals surface area contributed by atoms with E-state index in [4.69, 9.17) is 5.11 Å². The number of likely N-dealkylation sites (N-methyl/N-ethyl adjacent to an activating group) is 1. The third-order valence-electron chi connectivity index (χ3n) is 2.42. The van der Waals surface area contributed by atoms with Crippen molar-refractivity contribution >= 4 is 5.97 Å². The summed E-state index contributed by atoms with van der Waals surface area (Å²) in [5, 5.41) is 8.60. The van der Waals surface area contributed by atoms with E-state index in [0.717, 1.165) is 18.5 Å².